The van der Waals surface area contributed by atoms with Gasteiger partial charge in [0.15, 0.2) is 0 Å². The zero-order valence-electron chi connectivity index (χ0n) is 6.10. The van der Waals surface area contributed by atoms with E-state index in [9.17, 15) is 8.78 Å². The molecular weight excluding hydrogens is 174 g/mol. The molecule has 3 N–H and O–H groups in total. The monoisotopic (exact) mass is 184 g/mol. The van der Waals surface area contributed by atoms with Gasteiger partial charge in [0.05, 0.1) is 0 Å². The number of hydrogen-bond donors (Lipinski definition) is 3. The average molecular weight is 184 g/mol. The maximum atomic E-state index is 12.5. The van der Waals surface area contributed by atoms with Crippen LogP contribution in [0.15, 0.2) is 0 Å². The van der Waals surface area contributed by atoms with Crippen molar-refractivity contribution in [3.63, 3.8) is 0 Å². The van der Waals surface area contributed by atoms with E-state index < -0.39 is 37.4 Å². The Labute approximate surface area is 67.4 Å². The molecule has 4 nitrogen and oxygen atoms in total. The molecule has 1 aliphatic heterocycles. The van der Waals surface area contributed by atoms with Crippen LogP contribution in [0.25, 0.3) is 0 Å². The van der Waals surface area contributed by atoms with E-state index >= 15 is 0 Å². The van der Waals surface area contributed by atoms with Crippen molar-refractivity contribution >= 4 is 0 Å². The highest BCUT2D eigenvalue weighted by molar-refractivity contribution is 4.88. The van der Waals surface area contributed by atoms with Crippen LogP contribution in [0.5, 0.6) is 0 Å². The standard InChI is InChI=1S/C6H10F2O4/c7-1-2-3(9)4(10)5(11)6(8)12-2/h2-6,9-11H,1H2. The molecule has 5 unspecified atom stereocenters. The molecule has 0 amide bonds. The lowest BCUT2D eigenvalue weighted by atomic mass is 10.0. The van der Waals surface area contributed by atoms with Crippen molar-refractivity contribution in [1.82, 2.24) is 0 Å². The Balaban J connectivity index is 2.63. The van der Waals surface area contributed by atoms with E-state index in [1.54, 1.807) is 0 Å². The molecule has 0 aromatic heterocycles. The third-order valence-corrected chi connectivity index (χ3v) is 1.81. The van der Waals surface area contributed by atoms with Gasteiger partial charge in [0.25, 0.3) is 0 Å². The number of hydrogen-bond acceptors (Lipinski definition) is 4. The summed E-state index contributed by atoms with van der Waals surface area (Å²) < 4.78 is 28.7. The van der Waals surface area contributed by atoms with Gasteiger partial charge in [-0.1, -0.05) is 0 Å². The highest BCUT2D eigenvalue weighted by Gasteiger charge is 2.43. The fraction of sp³-hybridized carbons (Fsp3) is 1.00. The molecule has 1 fully saturated rings. The van der Waals surface area contributed by atoms with Crippen molar-refractivity contribution in [3.8, 4) is 0 Å². The van der Waals surface area contributed by atoms with E-state index in [-0.39, 0.29) is 0 Å². The molecule has 0 saturated carbocycles. The molecule has 0 aromatic carbocycles. The van der Waals surface area contributed by atoms with Crippen LogP contribution in [-0.4, -0.2) is 52.8 Å². The van der Waals surface area contributed by atoms with Crippen LogP contribution >= 0.6 is 0 Å². The number of aliphatic hydroxyl groups is 3. The minimum atomic E-state index is -2.15. The number of halogens is 2. The molecule has 1 aliphatic rings. The van der Waals surface area contributed by atoms with Crippen LogP contribution in [0.2, 0.25) is 0 Å². The number of ether oxygens (including phenoxy) is 1. The van der Waals surface area contributed by atoms with Gasteiger partial charge in [0.1, 0.15) is 31.1 Å². The summed E-state index contributed by atoms with van der Waals surface area (Å²) in [5.41, 5.74) is 0. The summed E-state index contributed by atoms with van der Waals surface area (Å²) in [6.07, 6.45) is -8.66. The quantitative estimate of drug-likeness (QED) is 0.475. The van der Waals surface area contributed by atoms with Crippen molar-refractivity contribution in [1.29, 1.82) is 0 Å². The highest BCUT2D eigenvalue weighted by Crippen LogP contribution is 2.21. The van der Waals surface area contributed by atoms with Crippen molar-refractivity contribution in [3.05, 3.63) is 0 Å². The summed E-state index contributed by atoms with van der Waals surface area (Å²) in [6.45, 7) is -1.11. The van der Waals surface area contributed by atoms with Gasteiger partial charge < -0.3 is 20.1 Å². The summed E-state index contributed by atoms with van der Waals surface area (Å²) in [4.78, 5) is 0. The first kappa shape index (κ1) is 9.79. The summed E-state index contributed by atoms with van der Waals surface area (Å²) in [5.74, 6) is 0. The van der Waals surface area contributed by atoms with Gasteiger partial charge in [0, 0.05) is 0 Å². The SMILES string of the molecule is OC1C(F)OC(CF)C(O)C1O. The van der Waals surface area contributed by atoms with Crippen LogP contribution in [0, 0.1) is 0 Å². The molecule has 72 valence electrons. The van der Waals surface area contributed by atoms with E-state index in [4.69, 9.17) is 15.3 Å². The lowest BCUT2D eigenvalue weighted by Crippen LogP contribution is -2.56. The second kappa shape index (κ2) is 3.61. The third kappa shape index (κ3) is 1.56. The van der Waals surface area contributed by atoms with E-state index in [0.29, 0.717) is 0 Å². The molecular formula is C6H10F2O4. The summed E-state index contributed by atoms with van der Waals surface area (Å²) in [6, 6.07) is 0. The van der Waals surface area contributed by atoms with Crippen LogP contribution in [0.4, 0.5) is 8.78 Å². The number of alkyl halides is 2. The molecule has 12 heavy (non-hydrogen) atoms. The topological polar surface area (TPSA) is 69.9 Å². The van der Waals surface area contributed by atoms with Gasteiger partial charge in [-0.15, -0.1) is 0 Å². The number of aliphatic hydroxyl groups excluding tert-OH is 3. The van der Waals surface area contributed by atoms with Gasteiger partial charge in [-0.2, -0.15) is 0 Å². The van der Waals surface area contributed by atoms with Crippen LogP contribution in [0.1, 0.15) is 0 Å². The van der Waals surface area contributed by atoms with E-state index in [1.165, 1.54) is 0 Å². The molecule has 1 heterocycles. The van der Waals surface area contributed by atoms with Gasteiger partial charge >= 0.3 is 0 Å². The molecule has 6 heteroatoms. The van der Waals surface area contributed by atoms with Crippen molar-refractivity contribution in [2.75, 3.05) is 6.67 Å². The fourth-order valence-electron chi connectivity index (χ4n) is 1.03. The van der Waals surface area contributed by atoms with Crippen LogP contribution < -0.4 is 0 Å². The zero-order chi connectivity index (χ0) is 9.30. The minimum Gasteiger partial charge on any atom is -0.387 e. The molecule has 0 bridgehead atoms. The van der Waals surface area contributed by atoms with Gasteiger partial charge in [-0.25, -0.2) is 8.78 Å². The van der Waals surface area contributed by atoms with Crippen LogP contribution in [-0.2, 0) is 4.74 Å². The van der Waals surface area contributed by atoms with Crippen molar-refractivity contribution in [2.45, 2.75) is 30.8 Å². The third-order valence-electron chi connectivity index (χ3n) is 1.81. The average Bonchev–Trinajstić information content (AvgIpc) is 2.08. The second-order valence-corrected chi connectivity index (χ2v) is 2.65. The molecule has 0 radical (unpaired) electrons. The molecule has 0 aromatic rings. The molecule has 5 atom stereocenters. The first-order chi connectivity index (χ1) is 5.57. The maximum Gasteiger partial charge on any atom is 0.228 e. The first-order valence-electron chi connectivity index (χ1n) is 3.47. The first-order valence-corrected chi connectivity index (χ1v) is 3.47. The van der Waals surface area contributed by atoms with Crippen molar-refractivity contribution in [2.24, 2.45) is 0 Å². The van der Waals surface area contributed by atoms with Gasteiger partial charge in [-0.05, 0) is 0 Å². The largest absolute Gasteiger partial charge is 0.387 e. The predicted octanol–water partition coefficient (Wildman–Crippen LogP) is -1.27. The fourth-order valence-corrected chi connectivity index (χ4v) is 1.03. The molecule has 1 saturated heterocycles. The van der Waals surface area contributed by atoms with Gasteiger partial charge in [0.2, 0.25) is 6.36 Å². The Kier molecular flexibility index (Phi) is 2.94. The second-order valence-electron chi connectivity index (χ2n) is 2.65. The Morgan fingerprint density at radius 3 is 2.17 bits per heavy atom. The Bertz CT molecular complexity index is 152. The smallest absolute Gasteiger partial charge is 0.228 e. The summed E-state index contributed by atoms with van der Waals surface area (Å²) in [7, 11) is 0. The normalized spacial score (nSPS) is 49.2. The van der Waals surface area contributed by atoms with Gasteiger partial charge in [-0.3, -0.25) is 0 Å². The predicted molar refractivity (Wildman–Crippen MR) is 33.8 cm³/mol. The highest BCUT2D eigenvalue weighted by atomic mass is 19.1. The van der Waals surface area contributed by atoms with E-state index in [2.05, 4.69) is 4.74 Å². The maximum absolute atomic E-state index is 12.5. The summed E-state index contributed by atoms with van der Waals surface area (Å²) in [5, 5.41) is 26.7. The van der Waals surface area contributed by atoms with E-state index in [1.807, 2.05) is 0 Å². The minimum absolute atomic E-state index is 1.11. The Morgan fingerprint density at radius 1 is 1.08 bits per heavy atom. The van der Waals surface area contributed by atoms with Crippen molar-refractivity contribution < 1.29 is 28.8 Å². The van der Waals surface area contributed by atoms with Crippen LogP contribution in [0.3, 0.4) is 0 Å². The van der Waals surface area contributed by atoms with E-state index in [0.717, 1.165) is 0 Å². The molecule has 0 spiro atoms. The molecule has 0 aliphatic carbocycles. The Hall–Kier alpha value is -0.300. The summed E-state index contributed by atoms with van der Waals surface area (Å²) >= 11 is 0. The lowest BCUT2D eigenvalue weighted by molar-refractivity contribution is -0.259. The number of rotatable bonds is 1. The molecule has 1 rings (SSSR count). The lowest BCUT2D eigenvalue weighted by Gasteiger charge is -2.35. The zero-order valence-corrected chi connectivity index (χ0v) is 6.10. The Morgan fingerprint density at radius 2 is 1.67 bits per heavy atom.